The van der Waals surface area contributed by atoms with E-state index in [1.165, 1.54) is 12.3 Å². The van der Waals surface area contributed by atoms with Gasteiger partial charge in [0.1, 0.15) is 17.6 Å². The highest BCUT2D eigenvalue weighted by molar-refractivity contribution is 5.65. The van der Waals surface area contributed by atoms with E-state index in [0.29, 0.717) is 35.5 Å². The van der Waals surface area contributed by atoms with E-state index in [1.54, 1.807) is 13.0 Å². The lowest BCUT2D eigenvalue weighted by molar-refractivity contribution is -0.182. The third kappa shape index (κ3) is 3.62. The normalized spacial score (nSPS) is 20.6. The second kappa shape index (κ2) is 6.90. The zero-order chi connectivity index (χ0) is 18.9. The van der Waals surface area contributed by atoms with Gasteiger partial charge in [0.05, 0.1) is 17.2 Å². The minimum absolute atomic E-state index is 0.0345. The second-order valence-electron chi connectivity index (χ2n) is 6.55. The molecule has 0 radical (unpaired) electrons. The van der Waals surface area contributed by atoms with Gasteiger partial charge in [0.2, 0.25) is 0 Å². The first-order chi connectivity index (χ1) is 12.3. The van der Waals surface area contributed by atoms with Crippen LogP contribution in [-0.4, -0.2) is 21.1 Å². The van der Waals surface area contributed by atoms with Crippen LogP contribution in [0.1, 0.15) is 48.8 Å². The number of nitrogens with zero attached hydrogens (tertiary/aromatic N) is 3. The summed E-state index contributed by atoms with van der Waals surface area (Å²) in [6.07, 6.45) is -2.03. The predicted octanol–water partition coefficient (Wildman–Crippen LogP) is 3.85. The minimum atomic E-state index is -4.18. The maximum atomic E-state index is 12.9. The van der Waals surface area contributed by atoms with E-state index in [4.69, 9.17) is 5.26 Å². The van der Waals surface area contributed by atoms with Crippen molar-refractivity contribution in [2.24, 2.45) is 5.92 Å². The molecule has 1 fully saturated rings. The average molecular weight is 362 g/mol. The van der Waals surface area contributed by atoms with Gasteiger partial charge in [0, 0.05) is 17.7 Å². The third-order valence-corrected chi connectivity index (χ3v) is 4.81. The molecular formula is C18H17F3N4O. The molecule has 0 aromatic carbocycles. The zero-order valence-corrected chi connectivity index (χ0v) is 14.1. The van der Waals surface area contributed by atoms with Crippen LogP contribution in [0.15, 0.2) is 23.1 Å². The SMILES string of the molecule is Cc1nc(C2CCC(C(F)(F)F)CC2)c(-c2ccc(C#N)nc2)c(=O)[nH]1. The van der Waals surface area contributed by atoms with Gasteiger partial charge < -0.3 is 4.98 Å². The fraction of sp³-hybridized carbons (Fsp3) is 0.444. The number of aromatic amines is 1. The Hall–Kier alpha value is -2.69. The maximum absolute atomic E-state index is 12.9. The summed E-state index contributed by atoms with van der Waals surface area (Å²) in [5.74, 6) is -1.07. The molecule has 2 aromatic heterocycles. The Morgan fingerprint density at radius 3 is 2.46 bits per heavy atom. The van der Waals surface area contributed by atoms with E-state index in [2.05, 4.69) is 15.0 Å². The van der Waals surface area contributed by atoms with E-state index in [9.17, 15) is 18.0 Å². The highest BCUT2D eigenvalue weighted by Crippen LogP contribution is 2.43. The minimum Gasteiger partial charge on any atom is -0.310 e. The molecule has 5 nitrogen and oxygen atoms in total. The van der Waals surface area contributed by atoms with Gasteiger partial charge in [-0.05, 0) is 44.7 Å². The molecule has 26 heavy (non-hydrogen) atoms. The fourth-order valence-corrected chi connectivity index (χ4v) is 3.48. The summed E-state index contributed by atoms with van der Waals surface area (Å²) in [4.78, 5) is 23.6. The molecule has 0 bridgehead atoms. The van der Waals surface area contributed by atoms with Crippen LogP contribution in [0.3, 0.4) is 0 Å². The maximum Gasteiger partial charge on any atom is 0.391 e. The highest BCUT2D eigenvalue weighted by atomic mass is 19.4. The first-order valence-corrected chi connectivity index (χ1v) is 8.33. The topological polar surface area (TPSA) is 82.4 Å². The van der Waals surface area contributed by atoms with Gasteiger partial charge in [-0.25, -0.2) is 9.97 Å². The van der Waals surface area contributed by atoms with E-state index in [-0.39, 0.29) is 30.0 Å². The van der Waals surface area contributed by atoms with Crippen LogP contribution in [0.25, 0.3) is 11.1 Å². The summed E-state index contributed by atoms with van der Waals surface area (Å²) >= 11 is 0. The van der Waals surface area contributed by atoms with E-state index in [1.807, 2.05) is 6.07 Å². The molecule has 2 heterocycles. The largest absolute Gasteiger partial charge is 0.391 e. The number of nitriles is 1. The van der Waals surface area contributed by atoms with E-state index in [0.717, 1.165) is 0 Å². The van der Waals surface area contributed by atoms with Crippen LogP contribution < -0.4 is 5.56 Å². The number of hydrogen-bond donors (Lipinski definition) is 1. The number of halogens is 3. The molecule has 1 N–H and O–H groups in total. The van der Waals surface area contributed by atoms with Gasteiger partial charge in [-0.15, -0.1) is 0 Å². The van der Waals surface area contributed by atoms with Gasteiger partial charge in [-0.1, -0.05) is 0 Å². The van der Waals surface area contributed by atoms with Crippen molar-refractivity contribution in [3.63, 3.8) is 0 Å². The molecule has 1 aliphatic carbocycles. The van der Waals surface area contributed by atoms with Crippen LogP contribution in [-0.2, 0) is 0 Å². The first-order valence-electron chi connectivity index (χ1n) is 8.33. The molecule has 136 valence electrons. The number of hydrogen-bond acceptors (Lipinski definition) is 4. The summed E-state index contributed by atoms with van der Waals surface area (Å²) in [6, 6.07) is 5.02. The van der Waals surface area contributed by atoms with E-state index >= 15 is 0 Å². The molecule has 0 amide bonds. The van der Waals surface area contributed by atoms with Gasteiger partial charge in [0.15, 0.2) is 0 Å². The van der Waals surface area contributed by atoms with Crippen molar-refractivity contribution in [3.8, 4) is 17.2 Å². The number of aryl methyl sites for hydroxylation is 1. The van der Waals surface area contributed by atoms with Crippen LogP contribution in [0.2, 0.25) is 0 Å². The summed E-state index contributed by atoms with van der Waals surface area (Å²) in [5, 5.41) is 8.85. The number of alkyl halides is 3. The standard InChI is InChI=1S/C18H17F3N4O/c1-10-24-16(11-2-5-13(6-3-11)18(19,20)21)15(17(26)25-10)12-4-7-14(8-22)23-9-12/h4,7,9,11,13H,2-3,5-6H2,1H3,(H,24,25,26). The Kier molecular flexibility index (Phi) is 4.81. The first kappa shape index (κ1) is 18.1. The quantitative estimate of drug-likeness (QED) is 0.880. The summed E-state index contributed by atoms with van der Waals surface area (Å²) in [6.45, 7) is 1.65. The summed E-state index contributed by atoms with van der Waals surface area (Å²) < 4.78 is 38.7. The highest BCUT2D eigenvalue weighted by Gasteiger charge is 2.42. The van der Waals surface area contributed by atoms with Crippen LogP contribution >= 0.6 is 0 Å². The number of H-pyrrole nitrogens is 1. The van der Waals surface area contributed by atoms with E-state index < -0.39 is 12.1 Å². The molecule has 0 atom stereocenters. The van der Waals surface area contributed by atoms with Crippen molar-refractivity contribution < 1.29 is 13.2 Å². The van der Waals surface area contributed by atoms with Crippen LogP contribution in [0, 0.1) is 24.2 Å². The molecule has 1 saturated carbocycles. The Labute approximate surface area is 147 Å². The number of aromatic nitrogens is 3. The third-order valence-electron chi connectivity index (χ3n) is 4.81. The van der Waals surface area contributed by atoms with Crippen LogP contribution in [0.5, 0.6) is 0 Å². The second-order valence-corrected chi connectivity index (χ2v) is 6.55. The molecule has 0 spiro atoms. The van der Waals surface area contributed by atoms with Crippen molar-refractivity contribution in [3.05, 3.63) is 45.9 Å². The van der Waals surface area contributed by atoms with Crippen molar-refractivity contribution in [2.75, 3.05) is 0 Å². The zero-order valence-electron chi connectivity index (χ0n) is 14.1. The monoisotopic (exact) mass is 362 g/mol. The number of pyridine rings is 1. The molecule has 8 heteroatoms. The smallest absolute Gasteiger partial charge is 0.310 e. The fourth-order valence-electron chi connectivity index (χ4n) is 3.48. The summed E-state index contributed by atoms with van der Waals surface area (Å²) in [7, 11) is 0. The number of rotatable bonds is 2. The van der Waals surface area contributed by atoms with Crippen molar-refractivity contribution in [2.45, 2.75) is 44.7 Å². The van der Waals surface area contributed by atoms with Crippen molar-refractivity contribution in [1.82, 2.24) is 15.0 Å². The Bertz CT molecular complexity index is 889. The van der Waals surface area contributed by atoms with Crippen molar-refractivity contribution >= 4 is 0 Å². The van der Waals surface area contributed by atoms with Gasteiger partial charge in [-0.3, -0.25) is 4.79 Å². The van der Waals surface area contributed by atoms with Crippen LogP contribution in [0.4, 0.5) is 13.2 Å². The lowest BCUT2D eigenvalue weighted by Crippen LogP contribution is -2.28. The summed E-state index contributed by atoms with van der Waals surface area (Å²) in [5.41, 5.74) is 1.21. The van der Waals surface area contributed by atoms with Gasteiger partial charge in [0.25, 0.3) is 5.56 Å². The molecule has 3 rings (SSSR count). The molecular weight excluding hydrogens is 345 g/mol. The molecule has 2 aromatic rings. The van der Waals surface area contributed by atoms with Crippen molar-refractivity contribution in [1.29, 1.82) is 5.26 Å². The lowest BCUT2D eigenvalue weighted by Gasteiger charge is -2.30. The lowest BCUT2D eigenvalue weighted by atomic mass is 9.78. The molecule has 0 unspecified atom stereocenters. The Morgan fingerprint density at radius 2 is 1.92 bits per heavy atom. The predicted molar refractivity (Wildman–Crippen MR) is 88.3 cm³/mol. The average Bonchev–Trinajstić information content (AvgIpc) is 2.61. The molecule has 1 aliphatic rings. The number of nitrogens with one attached hydrogen (secondary N) is 1. The van der Waals surface area contributed by atoms with Gasteiger partial charge in [-0.2, -0.15) is 18.4 Å². The molecule has 0 aliphatic heterocycles. The van der Waals surface area contributed by atoms with Gasteiger partial charge >= 0.3 is 6.18 Å². The Morgan fingerprint density at radius 1 is 1.23 bits per heavy atom. The molecule has 0 saturated heterocycles. The Balaban J connectivity index is 1.97.